The first kappa shape index (κ1) is 22.9. The molecule has 0 saturated heterocycles. The molecular weight excluding hydrogens is 434 g/mol. The van der Waals surface area contributed by atoms with Gasteiger partial charge in [-0.05, 0) is 61.7 Å². The van der Waals surface area contributed by atoms with Crippen LogP contribution < -0.4 is 5.32 Å². The molecule has 1 aromatic heterocycles. The van der Waals surface area contributed by atoms with Crippen LogP contribution in [0.4, 0.5) is 5.69 Å². The van der Waals surface area contributed by atoms with Gasteiger partial charge in [0.25, 0.3) is 0 Å². The maximum Gasteiger partial charge on any atom is 0.245 e. The molecule has 162 valence electrons. The van der Waals surface area contributed by atoms with Gasteiger partial charge in [0.2, 0.25) is 15.9 Å². The Bertz CT molecular complexity index is 1160. The summed E-state index contributed by atoms with van der Waals surface area (Å²) in [5, 5.41) is 3.42. The summed E-state index contributed by atoms with van der Waals surface area (Å²) in [5.41, 5.74) is 4.35. The van der Waals surface area contributed by atoms with Crippen LogP contribution in [0.3, 0.4) is 0 Å². The number of nitrogens with one attached hydrogen (secondary N) is 1. The summed E-state index contributed by atoms with van der Waals surface area (Å²) in [4.78, 5) is 16.8. The molecule has 8 heteroatoms. The summed E-state index contributed by atoms with van der Waals surface area (Å²) in [6.07, 6.45) is 2.77. The number of anilines is 1. The average molecular weight is 458 g/mol. The average Bonchev–Trinajstić information content (AvgIpc) is 2.72. The lowest BCUT2D eigenvalue weighted by Crippen LogP contribution is -2.37. The fraction of sp³-hybridized carbons (Fsp3) is 0.217. The van der Waals surface area contributed by atoms with Crippen LogP contribution in [0.15, 0.2) is 65.8 Å². The van der Waals surface area contributed by atoms with Gasteiger partial charge in [0.05, 0.1) is 6.54 Å². The highest BCUT2D eigenvalue weighted by Crippen LogP contribution is 2.23. The highest BCUT2D eigenvalue weighted by Gasteiger charge is 2.27. The van der Waals surface area contributed by atoms with Crippen LogP contribution in [0.25, 0.3) is 0 Å². The summed E-state index contributed by atoms with van der Waals surface area (Å²) >= 11 is 5.95. The van der Waals surface area contributed by atoms with E-state index in [1.54, 1.807) is 30.3 Å². The predicted octanol–water partition coefficient (Wildman–Crippen LogP) is 4.49. The molecule has 0 aliphatic heterocycles. The number of aromatic nitrogens is 1. The lowest BCUT2D eigenvalue weighted by atomic mass is 10.1. The highest BCUT2D eigenvalue weighted by molar-refractivity contribution is 7.89. The van der Waals surface area contributed by atoms with E-state index in [1.165, 1.54) is 18.5 Å². The van der Waals surface area contributed by atoms with E-state index >= 15 is 0 Å². The second-order valence-electron chi connectivity index (χ2n) is 7.41. The first-order chi connectivity index (χ1) is 14.7. The Morgan fingerprint density at radius 1 is 1.06 bits per heavy atom. The van der Waals surface area contributed by atoms with Crippen molar-refractivity contribution in [1.29, 1.82) is 0 Å². The number of hydrogen-bond acceptors (Lipinski definition) is 4. The largest absolute Gasteiger partial charge is 0.324 e. The minimum absolute atomic E-state index is 0.0215. The zero-order chi connectivity index (χ0) is 22.6. The van der Waals surface area contributed by atoms with Crippen molar-refractivity contribution in [2.24, 2.45) is 0 Å². The number of nitrogens with zero attached hydrogens (tertiary/aromatic N) is 2. The lowest BCUT2D eigenvalue weighted by molar-refractivity contribution is -0.116. The molecule has 0 aliphatic carbocycles. The fourth-order valence-corrected chi connectivity index (χ4v) is 4.86. The highest BCUT2D eigenvalue weighted by atomic mass is 35.5. The Hall–Kier alpha value is -2.74. The predicted molar refractivity (Wildman–Crippen MR) is 123 cm³/mol. The maximum absolute atomic E-state index is 13.2. The van der Waals surface area contributed by atoms with E-state index in [1.807, 2.05) is 32.9 Å². The third kappa shape index (κ3) is 5.70. The number of carbonyl (C=O) groups is 1. The van der Waals surface area contributed by atoms with E-state index in [2.05, 4.69) is 10.3 Å². The van der Waals surface area contributed by atoms with Gasteiger partial charge in [-0.25, -0.2) is 8.42 Å². The molecule has 0 fully saturated rings. The summed E-state index contributed by atoms with van der Waals surface area (Å²) in [6.45, 7) is 5.49. The molecule has 1 amide bonds. The first-order valence-electron chi connectivity index (χ1n) is 9.69. The third-order valence-corrected chi connectivity index (χ3v) is 6.83. The quantitative estimate of drug-likeness (QED) is 0.566. The van der Waals surface area contributed by atoms with E-state index in [-0.39, 0.29) is 18.0 Å². The van der Waals surface area contributed by atoms with Crippen molar-refractivity contribution in [3.05, 3.63) is 88.2 Å². The molecular formula is C23H24ClN3O3S. The number of pyridine rings is 1. The SMILES string of the molecule is Cc1cc(C)c(NC(=O)CN(Cc2ccc(Cl)cc2)S(=O)(=O)c2cccnc2)c(C)c1. The molecule has 0 atom stereocenters. The van der Waals surface area contributed by atoms with Gasteiger partial charge in [0.1, 0.15) is 4.90 Å². The lowest BCUT2D eigenvalue weighted by Gasteiger charge is -2.22. The van der Waals surface area contributed by atoms with Crippen molar-refractivity contribution in [3.63, 3.8) is 0 Å². The molecule has 1 N–H and O–H groups in total. The summed E-state index contributed by atoms with van der Waals surface area (Å²) in [6, 6.07) is 13.8. The molecule has 0 aliphatic rings. The third-order valence-electron chi connectivity index (χ3n) is 4.81. The van der Waals surface area contributed by atoms with Crippen LogP contribution in [0.1, 0.15) is 22.3 Å². The molecule has 1 heterocycles. The minimum atomic E-state index is -3.95. The summed E-state index contributed by atoms with van der Waals surface area (Å²) in [7, 11) is -3.95. The van der Waals surface area contributed by atoms with Crippen molar-refractivity contribution in [3.8, 4) is 0 Å². The molecule has 3 rings (SSSR count). The number of carbonyl (C=O) groups excluding carboxylic acids is 1. The topological polar surface area (TPSA) is 79.4 Å². The van der Waals surface area contributed by atoms with Crippen LogP contribution in [-0.4, -0.2) is 30.2 Å². The van der Waals surface area contributed by atoms with E-state index in [9.17, 15) is 13.2 Å². The van der Waals surface area contributed by atoms with Crippen LogP contribution in [0.2, 0.25) is 5.02 Å². The fourth-order valence-electron chi connectivity index (χ4n) is 3.38. The van der Waals surface area contributed by atoms with Gasteiger partial charge >= 0.3 is 0 Å². The van der Waals surface area contributed by atoms with Gasteiger partial charge in [-0.2, -0.15) is 4.31 Å². The normalized spacial score (nSPS) is 11.5. The number of amides is 1. The number of halogens is 1. The number of rotatable bonds is 7. The van der Waals surface area contributed by atoms with Crippen molar-refractivity contribution in [2.45, 2.75) is 32.2 Å². The second-order valence-corrected chi connectivity index (χ2v) is 9.78. The molecule has 0 unspecified atom stereocenters. The Kier molecular flexibility index (Phi) is 7.10. The molecule has 0 bridgehead atoms. The van der Waals surface area contributed by atoms with Crippen molar-refractivity contribution in [2.75, 3.05) is 11.9 Å². The van der Waals surface area contributed by atoms with Gasteiger partial charge < -0.3 is 5.32 Å². The van der Waals surface area contributed by atoms with Gasteiger partial charge in [0.15, 0.2) is 0 Å². The van der Waals surface area contributed by atoms with Gasteiger partial charge in [-0.1, -0.05) is 41.4 Å². The van der Waals surface area contributed by atoms with Crippen LogP contribution in [0.5, 0.6) is 0 Å². The Morgan fingerprint density at radius 3 is 2.29 bits per heavy atom. The molecule has 2 aromatic carbocycles. The van der Waals surface area contributed by atoms with Crippen LogP contribution in [0, 0.1) is 20.8 Å². The van der Waals surface area contributed by atoms with Crippen molar-refractivity contribution in [1.82, 2.24) is 9.29 Å². The summed E-state index contributed by atoms with van der Waals surface area (Å²) < 4.78 is 27.6. The number of benzene rings is 2. The second kappa shape index (κ2) is 9.60. The van der Waals surface area contributed by atoms with Gasteiger partial charge in [-0.3, -0.25) is 9.78 Å². The maximum atomic E-state index is 13.2. The van der Waals surface area contributed by atoms with E-state index in [0.29, 0.717) is 16.3 Å². The zero-order valence-corrected chi connectivity index (χ0v) is 19.2. The molecule has 31 heavy (non-hydrogen) atoms. The monoisotopic (exact) mass is 457 g/mol. The molecule has 3 aromatic rings. The summed E-state index contributed by atoms with van der Waals surface area (Å²) in [5.74, 6) is -0.420. The van der Waals surface area contributed by atoms with Crippen molar-refractivity contribution < 1.29 is 13.2 Å². The van der Waals surface area contributed by atoms with Gasteiger partial charge in [0, 0.05) is 29.6 Å². The number of sulfonamides is 1. The van der Waals surface area contributed by atoms with E-state index in [4.69, 9.17) is 11.6 Å². The number of aryl methyl sites for hydroxylation is 3. The Balaban J connectivity index is 1.89. The molecule has 0 saturated carbocycles. The minimum Gasteiger partial charge on any atom is -0.324 e. The van der Waals surface area contributed by atoms with E-state index < -0.39 is 15.9 Å². The molecule has 0 spiro atoms. The number of hydrogen-bond donors (Lipinski definition) is 1. The van der Waals surface area contributed by atoms with Gasteiger partial charge in [-0.15, -0.1) is 0 Å². The molecule has 6 nitrogen and oxygen atoms in total. The van der Waals surface area contributed by atoms with Crippen LogP contribution in [-0.2, 0) is 21.4 Å². The van der Waals surface area contributed by atoms with Crippen LogP contribution >= 0.6 is 11.6 Å². The smallest absolute Gasteiger partial charge is 0.245 e. The zero-order valence-electron chi connectivity index (χ0n) is 17.6. The first-order valence-corrected chi connectivity index (χ1v) is 11.5. The Labute approximate surface area is 187 Å². The van der Waals surface area contributed by atoms with Crippen molar-refractivity contribution >= 4 is 33.2 Å². The Morgan fingerprint density at radius 2 is 1.71 bits per heavy atom. The molecule has 0 radical (unpaired) electrons. The standard InChI is InChI=1S/C23H24ClN3O3S/c1-16-11-17(2)23(18(3)12-16)26-22(28)15-27(14-19-6-8-20(24)9-7-19)31(29,30)21-5-4-10-25-13-21/h4-13H,14-15H2,1-3H3,(H,26,28). The van der Waals surface area contributed by atoms with E-state index in [0.717, 1.165) is 21.0 Å².